The largest absolute Gasteiger partial charge is 0.341 e. The Kier molecular flexibility index (Phi) is 4.89. The van der Waals surface area contributed by atoms with E-state index in [0.29, 0.717) is 28.8 Å². The van der Waals surface area contributed by atoms with Crippen LogP contribution in [0.15, 0.2) is 77.7 Å². The molecule has 0 unspecified atom stereocenters. The molecule has 0 amide bonds. The second kappa shape index (κ2) is 7.64. The van der Waals surface area contributed by atoms with E-state index < -0.39 is 5.82 Å². The van der Waals surface area contributed by atoms with E-state index in [1.807, 2.05) is 72.2 Å². The first-order chi connectivity index (χ1) is 13.7. The second-order valence-electron chi connectivity index (χ2n) is 6.59. The third-order valence-electron chi connectivity index (χ3n) is 4.64. The van der Waals surface area contributed by atoms with Crippen molar-refractivity contribution in [3.05, 3.63) is 94.5 Å². The molecule has 28 heavy (non-hydrogen) atoms. The third-order valence-corrected chi connectivity index (χ3v) is 4.64. The predicted molar refractivity (Wildman–Crippen MR) is 111 cm³/mol. The van der Waals surface area contributed by atoms with Gasteiger partial charge >= 0.3 is 0 Å². The quantitative estimate of drug-likeness (QED) is 0.522. The molecule has 2 heterocycles. The molecule has 1 N–H and O–H groups in total. The summed E-state index contributed by atoms with van der Waals surface area (Å²) in [6.07, 6.45) is 2.43. The maximum atomic E-state index is 14.4. The van der Waals surface area contributed by atoms with Crippen LogP contribution in [0.3, 0.4) is 0 Å². The van der Waals surface area contributed by atoms with Crippen LogP contribution in [-0.2, 0) is 6.42 Å². The fraction of sp³-hybridized carbons (Fsp3) is 0.130. The predicted octanol–water partition coefficient (Wildman–Crippen LogP) is 5.22. The summed E-state index contributed by atoms with van der Waals surface area (Å²) in [6, 6.07) is 20.8. The topological polar surface area (TPSA) is 46.9 Å². The number of nitrogens with one attached hydrogen (secondary N) is 1. The van der Waals surface area contributed by atoms with Gasteiger partial charge in [-0.25, -0.2) is 9.37 Å². The van der Waals surface area contributed by atoms with Crippen LogP contribution >= 0.6 is 0 Å². The van der Waals surface area contributed by atoms with Crippen LogP contribution in [0.5, 0.6) is 0 Å². The van der Waals surface area contributed by atoms with Gasteiger partial charge in [-0.1, -0.05) is 49.7 Å². The van der Waals surface area contributed by atoms with E-state index in [-0.39, 0.29) is 5.43 Å². The van der Waals surface area contributed by atoms with E-state index in [2.05, 4.69) is 10.3 Å². The van der Waals surface area contributed by atoms with Gasteiger partial charge in [-0.05, 0) is 30.7 Å². The molecule has 4 nitrogen and oxygen atoms in total. The number of rotatable bonds is 5. The van der Waals surface area contributed by atoms with Crippen molar-refractivity contribution >= 4 is 22.5 Å². The van der Waals surface area contributed by atoms with Crippen LogP contribution in [0, 0.1) is 5.82 Å². The molecule has 2 aromatic heterocycles. The fourth-order valence-electron chi connectivity index (χ4n) is 3.41. The molecule has 5 heteroatoms. The highest BCUT2D eigenvalue weighted by Crippen LogP contribution is 2.26. The smallest absolute Gasteiger partial charge is 0.193 e. The maximum Gasteiger partial charge on any atom is 0.193 e. The van der Waals surface area contributed by atoms with Gasteiger partial charge in [0.25, 0.3) is 0 Å². The number of aromatic nitrogens is 2. The van der Waals surface area contributed by atoms with Gasteiger partial charge in [-0.2, -0.15) is 0 Å². The Hall–Kier alpha value is -3.47. The van der Waals surface area contributed by atoms with Gasteiger partial charge in [0.05, 0.1) is 11.6 Å². The van der Waals surface area contributed by atoms with Crippen LogP contribution in [-0.4, -0.2) is 9.55 Å². The SMILES string of the molecule is CCCc1c(F)cnc2c1c(=O)cc(Nc1ccccc1)n2-c1ccccc1. The van der Waals surface area contributed by atoms with Gasteiger partial charge in [0, 0.05) is 23.0 Å². The van der Waals surface area contributed by atoms with E-state index in [4.69, 9.17) is 0 Å². The van der Waals surface area contributed by atoms with Crippen LogP contribution in [0.1, 0.15) is 18.9 Å². The van der Waals surface area contributed by atoms with E-state index in [9.17, 15) is 9.18 Å². The normalized spacial score (nSPS) is 10.9. The zero-order valence-corrected chi connectivity index (χ0v) is 15.5. The summed E-state index contributed by atoms with van der Waals surface area (Å²) in [5.74, 6) is 0.145. The molecule has 0 bridgehead atoms. The molecule has 0 fully saturated rings. The molecular weight excluding hydrogens is 353 g/mol. The molecule has 140 valence electrons. The van der Waals surface area contributed by atoms with Gasteiger partial charge in [0.15, 0.2) is 5.43 Å². The molecule has 0 atom stereocenters. The summed E-state index contributed by atoms with van der Waals surface area (Å²) in [5, 5.41) is 3.64. The van der Waals surface area contributed by atoms with E-state index >= 15 is 0 Å². The number of anilines is 2. The Bertz CT molecular complexity index is 1170. The lowest BCUT2D eigenvalue weighted by Crippen LogP contribution is -2.16. The Labute approximate surface area is 162 Å². The molecule has 0 radical (unpaired) electrons. The average Bonchev–Trinajstić information content (AvgIpc) is 2.72. The minimum absolute atomic E-state index is 0.240. The highest BCUT2D eigenvalue weighted by molar-refractivity contribution is 5.84. The fourth-order valence-corrected chi connectivity index (χ4v) is 3.41. The van der Waals surface area contributed by atoms with Crippen LogP contribution in [0.2, 0.25) is 0 Å². The molecule has 4 rings (SSSR count). The molecule has 0 aliphatic rings. The van der Waals surface area contributed by atoms with Crippen LogP contribution in [0.25, 0.3) is 16.7 Å². The number of fused-ring (bicyclic) bond motifs is 1. The summed E-state index contributed by atoms with van der Waals surface area (Å²) in [5.41, 5.74) is 2.32. The lowest BCUT2D eigenvalue weighted by Gasteiger charge is -2.19. The molecule has 0 aliphatic heterocycles. The first kappa shape index (κ1) is 17.9. The number of para-hydroxylation sites is 2. The summed E-state index contributed by atoms with van der Waals surface area (Å²) >= 11 is 0. The lowest BCUT2D eigenvalue weighted by atomic mass is 10.1. The first-order valence-corrected chi connectivity index (χ1v) is 9.29. The highest BCUT2D eigenvalue weighted by atomic mass is 19.1. The Balaban J connectivity index is 2.04. The van der Waals surface area contributed by atoms with E-state index in [1.54, 1.807) is 0 Å². The zero-order valence-electron chi connectivity index (χ0n) is 15.5. The number of halogens is 1. The van der Waals surface area contributed by atoms with Crippen molar-refractivity contribution in [1.29, 1.82) is 0 Å². The van der Waals surface area contributed by atoms with Crippen molar-refractivity contribution in [2.75, 3.05) is 5.32 Å². The van der Waals surface area contributed by atoms with Crippen molar-refractivity contribution in [3.8, 4) is 5.69 Å². The van der Waals surface area contributed by atoms with Crippen molar-refractivity contribution < 1.29 is 4.39 Å². The van der Waals surface area contributed by atoms with Crippen molar-refractivity contribution in [3.63, 3.8) is 0 Å². The number of hydrogen-bond donors (Lipinski definition) is 1. The Morgan fingerprint density at radius 3 is 2.39 bits per heavy atom. The van der Waals surface area contributed by atoms with Gasteiger partial charge in [-0.3, -0.25) is 9.36 Å². The number of benzene rings is 2. The molecule has 4 aromatic rings. The van der Waals surface area contributed by atoms with Crippen molar-refractivity contribution in [1.82, 2.24) is 9.55 Å². The van der Waals surface area contributed by atoms with Crippen LogP contribution in [0.4, 0.5) is 15.9 Å². The Morgan fingerprint density at radius 1 is 1.04 bits per heavy atom. The van der Waals surface area contributed by atoms with E-state index in [0.717, 1.165) is 17.8 Å². The van der Waals surface area contributed by atoms with Gasteiger partial charge < -0.3 is 5.32 Å². The molecule has 0 aliphatic carbocycles. The maximum absolute atomic E-state index is 14.4. The van der Waals surface area contributed by atoms with Gasteiger partial charge in [0.2, 0.25) is 0 Å². The highest BCUT2D eigenvalue weighted by Gasteiger charge is 2.17. The minimum atomic E-state index is -0.435. The van der Waals surface area contributed by atoms with Crippen LogP contribution < -0.4 is 10.7 Å². The number of nitrogens with zero attached hydrogens (tertiary/aromatic N) is 2. The van der Waals surface area contributed by atoms with E-state index in [1.165, 1.54) is 12.3 Å². The first-order valence-electron chi connectivity index (χ1n) is 9.29. The van der Waals surface area contributed by atoms with Gasteiger partial charge in [-0.15, -0.1) is 0 Å². The minimum Gasteiger partial charge on any atom is -0.341 e. The molecule has 0 saturated heterocycles. The average molecular weight is 373 g/mol. The lowest BCUT2D eigenvalue weighted by molar-refractivity contribution is 0.604. The second-order valence-corrected chi connectivity index (χ2v) is 6.59. The monoisotopic (exact) mass is 373 g/mol. The molecular formula is C23H20FN3O. The van der Waals surface area contributed by atoms with Crippen molar-refractivity contribution in [2.24, 2.45) is 0 Å². The third kappa shape index (κ3) is 3.27. The zero-order chi connectivity index (χ0) is 19.5. The molecule has 0 spiro atoms. The summed E-state index contributed by atoms with van der Waals surface area (Å²) < 4.78 is 16.3. The molecule has 2 aromatic carbocycles. The van der Waals surface area contributed by atoms with Gasteiger partial charge in [0.1, 0.15) is 17.3 Å². The molecule has 0 saturated carbocycles. The summed E-state index contributed by atoms with van der Waals surface area (Å²) in [7, 11) is 0. The Morgan fingerprint density at radius 2 is 1.71 bits per heavy atom. The number of pyridine rings is 2. The summed E-state index contributed by atoms with van der Waals surface area (Å²) in [4.78, 5) is 17.3. The summed E-state index contributed by atoms with van der Waals surface area (Å²) in [6.45, 7) is 1.97. The number of hydrogen-bond acceptors (Lipinski definition) is 3. The van der Waals surface area contributed by atoms with Crippen molar-refractivity contribution in [2.45, 2.75) is 19.8 Å². The number of aryl methyl sites for hydroxylation is 1. The standard InChI is InChI=1S/C23H20FN3O/c1-2-9-18-19(24)15-25-23-22(18)20(28)14-21(26-16-10-5-3-6-11-16)27(23)17-12-7-4-8-13-17/h3-8,10-15,26H,2,9H2,1H3.